The van der Waals surface area contributed by atoms with Gasteiger partial charge in [0.1, 0.15) is 11.3 Å². The van der Waals surface area contributed by atoms with Gasteiger partial charge in [0, 0.05) is 13.1 Å². The predicted molar refractivity (Wildman–Crippen MR) is 72.1 cm³/mol. The molecule has 1 aliphatic rings. The molecule has 0 saturated heterocycles. The molecule has 110 valence electrons. The molecule has 0 atom stereocenters. The van der Waals surface area contributed by atoms with Crippen molar-refractivity contribution in [3.05, 3.63) is 24.2 Å². The molecule has 0 bridgehead atoms. The lowest BCUT2D eigenvalue weighted by Gasteiger charge is -2.35. The zero-order chi connectivity index (χ0) is 14.9. The highest BCUT2D eigenvalue weighted by molar-refractivity contribution is 5.85. The molecule has 1 aromatic rings. The predicted octanol–water partition coefficient (Wildman–Crippen LogP) is 2.16. The standard InChI is InChI=1S/C14H20N2O4/c1-14(2,12(17)18)15(3)13(19)16(10-6-7-10)9-11-5-4-8-20-11/h4-5,8,10H,6-7,9H2,1-3H3,(H,17,18). The molecule has 0 aliphatic heterocycles. The number of carboxylic acid groups (broad SMARTS) is 1. The summed E-state index contributed by atoms with van der Waals surface area (Å²) in [7, 11) is 1.52. The summed E-state index contributed by atoms with van der Waals surface area (Å²) in [5, 5.41) is 9.22. The third-order valence-electron chi connectivity index (χ3n) is 3.79. The number of carbonyl (C=O) groups excluding carboxylic acids is 1. The van der Waals surface area contributed by atoms with E-state index >= 15 is 0 Å². The van der Waals surface area contributed by atoms with Gasteiger partial charge < -0.3 is 19.3 Å². The van der Waals surface area contributed by atoms with Crippen LogP contribution in [0.1, 0.15) is 32.4 Å². The second-order valence-electron chi connectivity index (χ2n) is 5.64. The molecule has 6 heteroatoms. The van der Waals surface area contributed by atoms with E-state index < -0.39 is 11.5 Å². The van der Waals surface area contributed by atoms with Crippen LogP contribution in [-0.4, -0.2) is 45.5 Å². The van der Waals surface area contributed by atoms with Crippen LogP contribution in [0.2, 0.25) is 0 Å². The van der Waals surface area contributed by atoms with Crippen LogP contribution in [0.5, 0.6) is 0 Å². The van der Waals surface area contributed by atoms with Gasteiger partial charge in [-0.1, -0.05) is 0 Å². The largest absolute Gasteiger partial charge is 0.480 e. The van der Waals surface area contributed by atoms with E-state index in [1.165, 1.54) is 25.8 Å². The molecule has 0 spiro atoms. The lowest BCUT2D eigenvalue weighted by atomic mass is 10.0. The monoisotopic (exact) mass is 280 g/mol. The van der Waals surface area contributed by atoms with Gasteiger partial charge in [-0.3, -0.25) is 0 Å². The molecule has 1 fully saturated rings. The number of hydrogen-bond acceptors (Lipinski definition) is 3. The Labute approximate surface area is 118 Å². The molecule has 2 rings (SSSR count). The highest BCUT2D eigenvalue weighted by Crippen LogP contribution is 2.30. The Morgan fingerprint density at radius 1 is 1.45 bits per heavy atom. The minimum absolute atomic E-state index is 0.180. The molecule has 20 heavy (non-hydrogen) atoms. The first kappa shape index (κ1) is 14.4. The van der Waals surface area contributed by atoms with Crippen molar-refractivity contribution in [3.8, 4) is 0 Å². The molecule has 1 aliphatic carbocycles. The van der Waals surface area contributed by atoms with E-state index in [1.807, 2.05) is 6.07 Å². The van der Waals surface area contributed by atoms with Crippen LogP contribution in [0, 0.1) is 0 Å². The molecule has 0 unspecified atom stereocenters. The molecule has 1 aromatic heterocycles. The topological polar surface area (TPSA) is 74.0 Å². The van der Waals surface area contributed by atoms with Crippen molar-refractivity contribution in [1.29, 1.82) is 0 Å². The summed E-state index contributed by atoms with van der Waals surface area (Å²) in [5.74, 6) is -0.325. The van der Waals surface area contributed by atoms with Crippen LogP contribution in [0.25, 0.3) is 0 Å². The Bertz CT molecular complexity index is 491. The minimum Gasteiger partial charge on any atom is -0.480 e. The second kappa shape index (κ2) is 5.19. The van der Waals surface area contributed by atoms with Crippen molar-refractivity contribution in [2.45, 2.75) is 44.8 Å². The number of hydrogen-bond donors (Lipinski definition) is 1. The fourth-order valence-electron chi connectivity index (χ4n) is 1.88. The lowest BCUT2D eigenvalue weighted by molar-refractivity contribution is -0.147. The van der Waals surface area contributed by atoms with Gasteiger partial charge in [-0.15, -0.1) is 0 Å². The summed E-state index contributed by atoms with van der Waals surface area (Å²) in [6.45, 7) is 3.41. The molecule has 2 amide bonds. The Balaban J connectivity index is 2.13. The van der Waals surface area contributed by atoms with Crippen molar-refractivity contribution >= 4 is 12.0 Å². The molecule has 1 heterocycles. The minimum atomic E-state index is -1.24. The molecule has 1 saturated carbocycles. The average Bonchev–Trinajstić information content (AvgIpc) is 3.11. The highest BCUT2D eigenvalue weighted by atomic mass is 16.4. The number of furan rings is 1. The maximum absolute atomic E-state index is 12.5. The highest BCUT2D eigenvalue weighted by Gasteiger charge is 2.41. The zero-order valence-electron chi connectivity index (χ0n) is 12.0. The normalized spacial score (nSPS) is 14.9. The van der Waals surface area contributed by atoms with Crippen LogP contribution in [0.3, 0.4) is 0 Å². The van der Waals surface area contributed by atoms with Crippen molar-refractivity contribution in [3.63, 3.8) is 0 Å². The fraction of sp³-hybridized carbons (Fsp3) is 0.571. The average molecular weight is 280 g/mol. The zero-order valence-corrected chi connectivity index (χ0v) is 12.0. The number of urea groups is 1. The summed E-state index contributed by atoms with van der Waals surface area (Å²) in [6.07, 6.45) is 3.47. The van der Waals surface area contributed by atoms with E-state index in [1.54, 1.807) is 17.2 Å². The summed E-state index contributed by atoms with van der Waals surface area (Å²) < 4.78 is 5.28. The SMILES string of the molecule is CN(C(=O)N(Cc1ccco1)C1CC1)C(C)(C)C(=O)O. The Morgan fingerprint density at radius 2 is 2.10 bits per heavy atom. The maximum atomic E-state index is 12.5. The van der Waals surface area contributed by atoms with Gasteiger partial charge in [0.05, 0.1) is 12.8 Å². The van der Waals surface area contributed by atoms with Crippen molar-refractivity contribution in [2.75, 3.05) is 7.05 Å². The Morgan fingerprint density at radius 3 is 2.55 bits per heavy atom. The van der Waals surface area contributed by atoms with Crippen LogP contribution in [-0.2, 0) is 11.3 Å². The van der Waals surface area contributed by atoms with Gasteiger partial charge in [0.2, 0.25) is 0 Å². The van der Waals surface area contributed by atoms with E-state index in [2.05, 4.69) is 0 Å². The molecular formula is C14H20N2O4. The number of rotatable bonds is 5. The smallest absolute Gasteiger partial charge is 0.329 e. The molecule has 6 nitrogen and oxygen atoms in total. The van der Waals surface area contributed by atoms with Gasteiger partial charge in [0.25, 0.3) is 0 Å². The van der Waals surface area contributed by atoms with Gasteiger partial charge in [-0.2, -0.15) is 0 Å². The van der Waals surface area contributed by atoms with Crippen molar-refractivity contribution in [1.82, 2.24) is 9.80 Å². The van der Waals surface area contributed by atoms with Gasteiger partial charge in [-0.05, 0) is 38.8 Å². The summed E-state index contributed by atoms with van der Waals surface area (Å²) >= 11 is 0. The summed E-state index contributed by atoms with van der Waals surface area (Å²) in [5.41, 5.74) is -1.24. The number of nitrogens with zero attached hydrogens (tertiary/aromatic N) is 2. The lowest BCUT2D eigenvalue weighted by Crippen LogP contribution is -2.55. The number of amides is 2. The molecule has 1 N–H and O–H groups in total. The van der Waals surface area contributed by atoms with E-state index in [-0.39, 0.29) is 12.1 Å². The van der Waals surface area contributed by atoms with Gasteiger partial charge in [-0.25, -0.2) is 9.59 Å². The quantitative estimate of drug-likeness (QED) is 0.897. The first-order valence-corrected chi connectivity index (χ1v) is 6.64. The van der Waals surface area contributed by atoms with E-state index in [0.29, 0.717) is 12.3 Å². The summed E-state index contributed by atoms with van der Waals surface area (Å²) in [4.78, 5) is 26.8. The maximum Gasteiger partial charge on any atom is 0.329 e. The third-order valence-corrected chi connectivity index (χ3v) is 3.79. The van der Waals surface area contributed by atoms with Crippen molar-refractivity contribution < 1.29 is 19.1 Å². The van der Waals surface area contributed by atoms with Crippen LogP contribution in [0.4, 0.5) is 4.79 Å². The number of carbonyl (C=O) groups is 2. The molecular weight excluding hydrogens is 260 g/mol. The second-order valence-corrected chi connectivity index (χ2v) is 5.64. The van der Waals surface area contributed by atoms with Crippen LogP contribution < -0.4 is 0 Å². The number of likely N-dealkylation sites (N-methyl/N-ethyl adjacent to an activating group) is 1. The van der Waals surface area contributed by atoms with E-state index in [0.717, 1.165) is 12.8 Å². The third kappa shape index (κ3) is 2.79. The molecule has 0 radical (unpaired) electrons. The fourth-order valence-corrected chi connectivity index (χ4v) is 1.88. The first-order chi connectivity index (χ1) is 9.34. The van der Waals surface area contributed by atoms with Crippen LogP contribution in [0.15, 0.2) is 22.8 Å². The number of carboxylic acids is 1. The Kier molecular flexibility index (Phi) is 3.74. The van der Waals surface area contributed by atoms with Crippen LogP contribution >= 0.6 is 0 Å². The van der Waals surface area contributed by atoms with Gasteiger partial charge in [0.15, 0.2) is 0 Å². The van der Waals surface area contributed by atoms with E-state index in [9.17, 15) is 14.7 Å². The Hall–Kier alpha value is -1.98. The van der Waals surface area contributed by atoms with E-state index in [4.69, 9.17) is 4.42 Å². The summed E-state index contributed by atoms with van der Waals surface area (Å²) in [6, 6.07) is 3.48. The molecule has 0 aromatic carbocycles. The first-order valence-electron chi connectivity index (χ1n) is 6.64. The van der Waals surface area contributed by atoms with Gasteiger partial charge >= 0.3 is 12.0 Å². The van der Waals surface area contributed by atoms with Crippen molar-refractivity contribution in [2.24, 2.45) is 0 Å². The number of aliphatic carboxylic acids is 1.